The highest BCUT2D eigenvalue weighted by Crippen LogP contribution is 2.26. The molecule has 0 saturated carbocycles. The molecule has 0 spiro atoms. The van der Waals surface area contributed by atoms with E-state index in [0.717, 1.165) is 6.42 Å². The minimum absolute atomic E-state index is 0.0609. The fourth-order valence-electron chi connectivity index (χ4n) is 1.95. The minimum atomic E-state index is -0.0718. The molecule has 1 heterocycles. The van der Waals surface area contributed by atoms with E-state index in [1.54, 1.807) is 11.3 Å². The molecule has 96 valence electrons. The monoisotopic (exact) mass is 254 g/mol. The Morgan fingerprint density at radius 3 is 2.59 bits per heavy atom. The second-order valence-corrected chi connectivity index (χ2v) is 5.90. The fourth-order valence-corrected chi connectivity index (χ4v) is 2.97. The van der Waals surface area contributed by atoms with Crippen LogP contribution in [0.15, 0.2) is 6.07 Å². The van der Waals surface area contributed by atoms with Gasteiger partial charge in [-0.05, 0) is 38.8 Å². The molecule has 4 heteroatoms. The Labute approximate surface area is 107 Å². The Kier molecular flexibility index (Phi) is 5.15. The number of hydrogen-bond donors (Lipinski definition) is 2. The molecule has 0 aliphatic heterocycles. The molecule has 1 amide bonds. The Morgan fingerprint density at radius 1 is 1.53 bits per heavy atom. The molecule has 3 nitrogen and oxygen atoms in total. The van der Waals surface area contributed by atoms with Crippen LogP contribution >= 0.6 is 11.3 Å². The number of rotatable bonds is 5. The standard InChI is InChI=1S/C13H22N2OS/c1-5-11(7-14)13(16)15-9(3)12-6-8(2)17-10(12)4/h6,9,11H,5,7,14H2,1-4H3,(H,15,16). The van der Waals surface area contributed by atoms with E-state index in [4.69, 9.17) is 5.73 Å². The van der Waals surface area contributed by atoms with Crippen molar-refractivity contribution >= 4 is 17.2 Å². The van der Waals surface area contributed by atoms with Crippen LogP contribution in [-0.2, 0) is 4.79 Å². The highest BCUT2D eigenvalue weighted by molar-refractivity contribution is 7.12. The van der Waals surface area contributed by atoms with Crippen LogP contribution in [0.1, 0.15) is 41.6 Å². The molecule has 0 fully saturated rings. The normalized spacial score (nSPS) is 14.4. The van der Waals surface area contributed by atoms with Gasteiger partial charge in [0, 0.05) is 22.2 Å². The average Bonchev–Trinajstić information content (AvgIpc) is 2.59. The molecule has 1 aromatic rings. The zero-order valence-electron chi connectivity index (χ0n) is 11.0. The summed E-state index contributed by atoms with van der Waals surface area (Å²) in [5.41, 5.74) is 6.79. The van der Waals surface area contributed by atoms with E-state index in [2.05, 4.69) is 25.2 Å². The third-order valence-corrected chi connectivity index (χ3v) is 4.03. The first kappa shape index (κ1) is 14.2. The van der Waals surface area contributed by atoms with Crippen LogP contribution in [0.2, 0.25) is 0 Å². The van der Waals surface area contributed by atoms with Gasteiger partial charge in [-0.2, -0.15) is 0 Å². The summed E-state index contributed by atoms with van der Waals surface area (Å²) < 4.78 is 0. The van der Waals surface area contributed by atoms with Crippen LogP contribution in [0.5, 0.6) is 0 Å². The van der Waals surface area contributed by atoms with Gasteiger partial charge in [0.2, 0.25) is 5.91 Å². The number of nitrogens with one attached hydrogen (secondary N) is 1. The Bertz CT molecular complexity index is 383. The summed E-state index contributed by atoms with van der Waals surface area (Å²) >= 11 is 1.77. The van der Waals surface area contributed by atoms with Gasteiger partial charge in [0.25, 0.3) is 0 Å². The lowest BCUT2D eigenvalue weighted by atomic mass is 10.0. The first-order chi connectivity index (χ1) is 7.99. The van der Waals surface area contributed by atoms with Gasteiger partial charge >= 0.3 is 0 Å². The first-order valence-corrected chi connectivity index (χ1v) is 6.88. The number of nitrogens with two attached hydrogens (primary N) is 1. The van der Waals surface area contributed by atoms with Crippen LogP contribution in [0.3, 0.4) is 0 Å². The first-order valence-electron chi connectivity index (χ1n) is 6.06. The Balaban J connectivity index is 2.69. The summed E-state index contributed by atoms with van der Waals surface area (Å²) in [7, 11) is 0. The number of amides is 1. The summed E-state index contributed by atoms with van der Waals surface area (Å²) in [5.74, 6) is -0.0109. The molecular formula is C13H22N2OS. The second kappa shape index (κ2) is 6.17. The fraction of sp³-hybridized carbons (Fsp3) is 0.615. The number of aryl methyl sites for hydroxylation is 2. The molecule has 0 aromatic carbocycles. The van der Waals surface area contributed by atoms with Gasteiger partial charge in [0.05, 0.1) is 6.04 Å². The van der Waals surface area contributed by atoms with Crippen LogP contribution in [0.4, 0.5) is 0 Å². The molecule has 1 rings (SSSR count). The number of thiophene rings is 1. The van der Waals surface area contributed by atoms with Gasteiger partial charge in [-0.1, -0.05) is 6.92 Å². The maximum Gasteiger partial charge on any atom is 0.224 e. The van der Waals surface area contributed by atoms with Crippen LogP contribution in [-0.4, -0.2) is 12.5 Å². The van der Waals surface area contributed by atoms with E-state index < -0.39 is 0 Å². The van der Waals surface area contributed by atoms with Gasteiger partial charge in [0.15, 0.2) is 0 Å². The molecule has 0 bridgehead atoms. The van der Waals surface area contributed by atoms with E-state index in [0.29, 0.717) is 6.54 Å². The van der Waals surface area contributed by atoms with Crippen LogP contribution < -0.4 is 11.1 Å². The van der Waals surface area contributed by atoms with Crippen molar-refractivity contribution in [3.05, 3.63) is 21.4 Å². The van der Waals surface area contributed by atoms with Gasteiger partial charge < -0.3 is 11.1 Å². The van der Waals surface area contributed by atoms with E-state index in [9.17, 15) is 4.79 Å². The van der Waals surface area contributed by atoms with Crippen LogP contribution in [0, 0.1) is 19.8 Å². The molecule has 0 aliphatic rings. The van der Waals surface area contributed by atoms with Gasteiger partial charge in [0.1, 0.15) is 0 Å². The van der Waals surface area contributed by atoms with Crippen molar-refractivity contribution in [3.63, 3.8) is 0 Å². The second-order valence-electron chi connectivity index (χ2n) is 4.44. The quantitative estimate of drug-likeness (QED) is 0.848. The lowest BCUT2D eigenvalue weighted by Gasteiger charge is -2.18. The summed E-state index contributed by atoms with van der Waals surface area (Å²) in [4.78, 5) is 14.5. The van der Waals surface area contributed by atoms with E-state index in [1.165, 1.54) is 15.3 Å². The van der Waals surface area contributed by atoms with Crippen molar-refractivity contribution in [2.45, 2.75) is 40.2 Å². The summed E-state index contributed by atoms with van der Waals surface area (Å²) in [6, 6.07) is 2.21. The third kappa shape index (κ3) is 3.54. The number of hydrogen-bond acceptors (Lipinski definition) is 3. The lowest BCUT2D eigenvalue weighted by Crippen LogP contribution is -2.36. The molecule has 1 aromatic heterocycles. The summed E-state index contributed by atoms with van der Waals surface area (Å²) in [6.45, 7) is 8.61. The van der Waals surface area contributed by atoms with Crippen molar-refractivity contribution in [2.75, 3.05) is 6.54 Å². The van der Waals surface area contributed by atoms with Gasteiger partial charge in [-0.3, -0.25) is 4.79 Å². The molecule has 17 heavy (non-hydrogen) atoms. The van der Waals surface area contributed by atoms with Gasteiger partial charge in [-0.25, -0.2) is 0 Å². The zero-order valence-corrected chi connectivity index (χ0v) is 11.9. The Morgan fingerprint density at radius 2 is 2.18 bits per heavy atom. The van der Waals surface area contributed by atoms with Crippen molar-refractivity contribution in [2.24, 2.45) is 11.7 Å². The van der Waals surface area contributed by atoms with Crippen molar-refractivity contribution in [1.82, 2.24) is 5.32 Å². The van der Waals surface area contributed by atoms with E-state index >= 15 is 0 Å². The highest BCUT2D eigenvalue weighted by Gasteiger charge is 2.18. The minimum Gasteiger partial charge on any atom is -0.349 e. The molecule has 0 saturated heterocycles. The van der Waals surface area contributed by atoms with E-state index in [1.807, 2.05) is 13.8 Å². The molecule has 2 atom stereocenters. The highest BCUT2D eigenvalue weighted by atomic mass is 32.1. The van der Waals surface area contributed by atoms with Gasteiger partial charge in [-0.15, -0.1) is 11.3 Å². The maximum absolute atomic E-state index is 11.9. The number of carbonyl (C=O) groups excluding carboxylic acids is 1. The summed E-state index contributed by atoms with van der Waals surface area (Å²) in [6.07, 6.45) is 0.788. The molecule has 3 N–H and O–H groups in total. The molecule has 2 unspecified atom stereocenters. The molecule has 0 aliphatic carbocycles. The predicted molar refractivity (Wildman–Crippen MR) is 73.2 cm³/mol. The Hall–Kier alpha value is -0.870. The van der Waals surface area contributed by atoms with Crippen molar-refractivity contribution in [1.29, 1.82) is 0 Å². The third-order valence-electron chi connectivity index (χ3n) is 3.05. The average molecular weight is 254 g/mol. The van der Waals surface area contributed by atoms with Crippen molar-refractivity contribution < 1.29 is 4.79 Å². The molecule has 0 radical (unpaired) electrons. The zero-order chi connectivity index (χ0) is 13.0. The van der Waals surface area contributed by atoms with E-state index in [-0.39, 0.29) is 17.9 Å². The molecular weight excluding hydrogens is 232 g/mol. The number of carbonyl (C=O) groups is 1. The predicted octanol–water partition coefficient (Wildman–Crippen LogP) is 2.53. The van der Waals surface area contributed by atoms with Crippen LogP contribution in [0.25, 0.3) is 0 Å². The van der Waals surface area contributed by atoms with Crippen molar-refractivity contribution in [3.8, 4) is 0 Å². The SMILES string of the molecule is CCC(CN)C(=O)NC(C)c1cc(C)sc1C. The largest absolute Gasteiger partial charge is 0.349 e. The summed E-state index contributed by atoms with van der Waals surface area (Å²) in [5, 5.41) is 3.04. The smallest absolute Gasteiger partial charge is 0.224 e. The maximum atomic E-state index is 11.9. The lowest BCUT2D eigenvalue weighted by molar-refractivity contribution is -0.125. The topological polar surface area (TPSA) is 55.1 Å².